The lowest BCUT2D eigenvalue weighted by Crippen LogP contribution is -2.32. The molecule has 0 saturated carbocycles. The molecule has 0 aliphatic carbocycles. The summed E-state index contributed by atoms with van der Waals surface area (Å²) in [4.78, 5) is 0. The summed E-state index contributed by atoms with van der Waals surface area (Å²) in [5, 5.41) is 3.99. The minimum absolute atomic E-state index is 0.0427. The van der Waals surface area contributed by atoms with E-state index in [-0.39, 0.29) is 46.0 Å². The maximum Gasteiger partial charge on any atom is 0.228 e. The molecular weight excluding hydrogens is 452 g/mol. The highest BCUT2D eigenvalue weighted by Gasteiger charge is 2.32. The van der Waals surface area contributed by atoms with E-state index in [1.807, 2.05) is 44.4 Å². The Morgan fingerprint density at radius 2 is 1.43 bits per heavy atom. The van der Waals surface area contributed by atoms with Crippen molar-refractivity contribution in [3.63, 3.8) is 0 Å². The van der Waals surface area contributed by atoms with Gasteiger partial charge in [0.25, 0.3) is 0 Å². The van der Waals surface area contributed by atoms with Crippen LogP contribution in [0.2, 0.25) is 0 Å². The first kappa shape index (κ1) is 14.2. The van der Waals surface area contributed by atoms with Gasteiger partial charge in [0.15, 0.2) is 6.20 Å². The summed E-state index contributed by atoms with van der Waals surface area (Å²) in [5.74, 6) is 1.26. The molecule has 0 amide bonds. The van der Waals surface area contributed by atoms with Crippen LogP contribution in [0.25, 0.3) is 60.3 Å². The van der Waals surface area contributed by atoms with Crippen LogP contribution in [0.5, 0.6) is 11.5 Å². The van der Waals surface area contributed by atoms with Crippen molar-refractivity contribution in [2.75, 3.05) is 0 Å². The molecule has 7 aromatic rings. The number of aromatic nitrogens is 2. The fourth-order valence-electron chi connectivity index (χ4n) is 5.91. The zero-order valence-electron chi connectivity index (χ0n) is 28.4. The van der Waals surface area contributed by atoms with E-state index in [2.05, 4.69) is 23.6 Å². The Hall–Kier alpha value is -4.63. The molecule has 0 N–H and O–H groups in total. The Morgan fingerprint density at radius 3 is 2.14 bits per heavy atom. The zero-order valence-corrected chi connectivity index (χ0v) is 20.4. The smallest absolute Gasteiger partial charge is 0.228 e. The summed E-state index contributed by atoms with van der Waals surface area (Å²) in [5.41, 5.74) is 4.66. The lowest BCUT2D eigenvalue weighted by atomic mass is 9.89. The number of pyridine rings is 1. The molecule has 3 heteroatoms. The Balaban J connectivity index is 1.56. The lowest BCUT2D eigenvalue weighted by Gasteiger charge is -2.24. The lowest BCUT2D eigenvalue weighted by molar-refractivity contribution is -0.659. The molecule has 0 saturated heterocycles. The van der Waals surface area contributed by atoms with Crippen molar-refractivity contribution in [2.45, 2.75) is 13.8 Å². The maximum absolute atomic E-state index is 8.89. The number of fused-ring (bicyclic) bond motifs is 6. The molecule has 0 atom stereocenters. The number of rotatable bonds is 1. The molecule has 8 rings (SSSR count). The number of hydrogen-bond acceptors (Lipinski definition) is 1. The highest BCUT2D eigenvalue weighted by Crippen LogP contribution is 2.51. The van der Waals surface area contributed by atoms with E-state index in [1.54, 1.807) is 6.07 Å². The van der Waals surface area contributed by atoms with Crippen molar-refractivity contribution in [3.05, 3.63) is 108 Å². The zero-order chi connectivity index (χ0) is 31.8. The van der Waals surface area contributed by atoms with Crippen molar-refractivity contribution in [1.82, 2.24) is 4.57 Å². The average Bonchev–Trinajstić information content (AvgIpc) is 3.41. The van der Waals surface area contributed by atoms with Crippen LogP contribution in [0.4, 0.5) is 0 Å². The average molecular weight is 486 g/mol. The third-order valence-corrected chi connectivity index (χ3v) is 7.60. The van der Waals surface area contributed by atoms with Crippen LogP contribution >= 0.6 is 0 Å². The highest BCUT2D eigenvalue weighted by atomic mass is 16.5. The Labute approximate surface area is 226 Å². The van der Waals surface area contributed by atoms with Crippen LogP contribution in [-0.4, -0.2) is 4.57 Å². The topological polar surface area (TPSA) is 18.0 Å². The predicted octanol–water partition coefficient (Wildman–Crippen LogP) is 8.30. The fraction of sp³-hybridized carbons (Fsp3) is 0.0882. The van der Waals surface area contributed by atoms with Gasteiger partial charge in [0.05, 0.1) is 38.6 Å². The number of para-hydroxylation sites is 2. The molecule has 0 spiro atoms. The van der Waals surface area contributed by atoms with Gasteiger partial charge in [-0.25, -0.2) is 4.57 Å². The third-order valence-electron chi connectivity index (χ3n) is 7.60. The van der Waals surface area contributed by atoms with Gasteiger partial charge in [0.2, 0.25) is 5.69 Å². The van der Waals surface area contributed by atoms with E-state index in [9.17, 15) is 0 Å². The van der Waals surface area contributed by atoms with Gasteiger partial charge < -0.3 is 9.30 Å². The van der Waals surface area contributed by atoms with Crippen LogP contribution < -0.4 is 9.30 Å². The summed E-state index contributed by atoms with van der Waals surface area (Å²) in [6.45, 7) is 4.13. The van der Waals surface area contributed by atoms with Crippen LogP contribution in [0, 0.1) is 13.8 Å². The number of nitrogens with zero attached hydrogens (tertiary/aromatic N) is 2. The van der Waals surface area contributed by atoms with Crippen LogP contribution in [0.1, 0.15) is 22.1 Å². The van der Waals surface area contributed by atoms with Crippen LogP contribution in [0.15, 0.2) is 97.0 Å². The molecule has 0 radical (unpaired) electrons. The molecule has 0 fully saturated rings. The summed E-state index contributed by atoms with van der Waals surface area (Å²) >= 11 is 0. The van der Waals surface area contributed by atoms with Gasteiger partial charge in [-0.15, -0.1) is 0 Å². The maximum atomic E-state index is 8.89. The first-order valence-electron chi connectivity index (χ1n) is 16.1. The van der Waals surface area contributed by atoms with E-state index in [0.29, 0.717) is 11.4 Å². The molecule has 176 valence electrons. The first-order valence-corrected chi connectivity index (χ1v) is 12.1. The first-order chi connectivity index (χ1) is 21.4. The highest BCUT2D eigenvalue weighted by molar-refractivity contribution is 6.11. The van der Waals surface area contributed by atoms with Crippen LogP contribution in [0.3, 0.4) is 0 Å². The van der Waals surface area contributed by atoms with Crippen LogP contribution in [-0.2, 0) is 7.05 Å². The van der Waals surface area contributed by atoms with Crippen molar-refractivity contribution >= 4 is 43.4 Å². The van der Waals surface area contributed by atoms with Gasteiger partial charge in [-0.2, -0.15) is 0 Å². The molecule has 1 aliphatic rings. The molecule has 5 aromatic carbocycles. The Bertz CT molecular complexity index is 2460. The fourth-order valence-corrected chi connectivity index (χ4v) is 5.91. The summed E-state index contributed by atoms with van der Waals surface area (Å²) in [6.07, 6.45) is 1.97. The van der Waals surface area contributed by atoms with Crippen molar-refractivity contribution in [1.29, 1.82) is 0 Å². The molecule has 2 aromatic heterocycles. The van der Waals surface area contributed by atoms with Gasteiger partial charge in [-0.05, 0) is 48.3 Å². The third kappa shape index (κ3) is 2.63. The van der Waals surface area contributed by atoms with Gasteiger partial charge in [0.1, 0.15) is 18.5 Å². The predicted molar refractivity (Wildman–Crippen MR) is 152 cm³/mol. The normalized spacial score (nSPS) is 15.4. The second-order valence-electron chi connectivity index (χ2n) is 9.57. The second kappa shape index (κ2) is 7.21. The van der Waals surface area contributed by atoms with Crippen molar-refractivity contribution in [3.8, 4) is 28.4 Å². The number of ether oxygens (including phenoxy) is 1. The van der Waals surface area contributed by atoms with Gasteiger partial charge in [0, 0.05) is 33.9 Å². The number of hydrogen-bond donors (Lipinski definition) is 0. The van der Waals surface area contributed by atoms with Crippen molar-refractivity contribution in [2.24, 2.45) is 7.05 Å². The molecule has 37 heavy (non-hydrogen) atoms. The van der Waals surface area contributed by atoms with E-state index in [4.69, 9.17) is 15.7 Å². The molecule has 0 bridgehead atoms. The monoisotopic (exact) mass is 485 g/mol. The molecule has 0 unspecified atom stereocenters. The summed E-state index contributed by atoms with van der Waals surface area (Å²) in [6, 6.07) is 10.6. The summed E-state index contributed by atoms with van der Waals surface area (Å²) < 4.78 is 79.2. The number of aryl methyl sites for hydroxylation is 3. The SMILES string of the molecule is [2H]c1c([2H])c([2H])c2c(c1[2H])c1c([2H])c([2H])c([2H])c([2H])c1n2-c1cc2c3c([n+](C)ccc3c1)-c1c(c(C)c3ccccc3c1C)O2. The molecular formula is C34H25N2O+. The minimum atomic E-state index is -0.470. The standard InChI is InChI=1S/C34H25N2O/c1-20-24-10-4-5-11-25(24)21(2)34-31(20)33-32-22(16-17-35(33)3)18-23(19-30(32)37-34)36-28-14-8-6-12-26(28)27-13-7-9-15-29(27)36/h4-19H,1-3H3/q+1/i6D,7D,8D,9D,12D,13D,14D,15D. The van der Waals surface area contributed by atoms with Crippen molar-refractivity contribution < 1.29 is 20.3 Å². The van der Waals surface area contributed by atoms with E-state index in [1.165, 1.54) is 4.57 Å². The molecule has 3 heterocycles. The quantitative estimate of drug-likeness (QED) is 0.214. The summed E-state index contributed by atoms with van der Waals surface area (Å²) in [7, 11) is 1.99. The van der Waals surface area contributed by atoms with E-state index < -0.39 is 24.2 Å². The van der Waals surface area contributed by atoms with E-state index in [0.717, 1.165) is 49.7 Å². The second-order valence-corrected chi connectivity index (χ2v) is 9.57. The van der Waals surface area contributed by atoms with Gasteiger partial charge in [-0.3, -0.25) is 0 Å². The van der Waals surface area contributed by atoms with Gasteiger partial charge >= 0.3 is 0 Å². The van der Waals surface area contributed by atoms with Gasteiger partial charge in [-0.1, -0.05) is 60.5 Å². The largest absolute Gasteiger partial charge is 0.455 e. The van der Waals surface area contributed by atoms with E-state index >= 15 is 0 Å². The minimum Gasteiger partial charge on any atom is -0.455 e. The molecule has 1 aliphatic heterocycles. The number of benzene rings is 5. The Kier molecular flexibility index (Phi) is 2.76. The Morgan fingerprint density at radius 1 is 0.784 bits per heavy atom. The molecule has 3 nitrogen and oxygen atoms in total.